The number of rotatable bonds is 4. The van der Waals surface area contributed by atoms with E-state index in [1.54, 1.807) is 12.1 Å². The van der Waals surface area contributed by atoms with Crippen molar-refractivity contribution in [1.29, 1.82) is 0 Å². The van der Waals surface area contributed by atoms with Gasteiger partial charge in [0.05, 0.1) is 16.2 Å². The highest BCUT2D eigenvalue weighted by atomic mass is 35.5. The zero-order valence-electron chi connectivity index (χ0n) is 17.8. The monoisotopic (exact) mass is 447 g/mol. The van der Waals surface area contributed by atoms with Crippen LogP contribution in [0, 0.1) is 27.7 Å². The Hall–Kier alpha value is -2.82. The Morgan fingerprint density at radius 2 is 1.48 bits per heavy atom. The molecule has 0 unspecified atom stereocenters. The highest BCUT2D eigenvalue weighted by molar-refractivity contribution is 8.04. The molecule has 0 aromatic heterocycles. The van der Waals surface area contributed by atoms with Crippen LogP contribution in [-0.4, -0.2) is 11.8 Å². The third-order valence-electron chi connectivity index (χ3n) is 5.69. The summed E-state index contributed by atoms with van der Waals surface area (Å²) in [4.78, 5) is 29.8. The fourth-order valence-corrected chi connectivity index (χ4v) is 4.69. The maximum absolute atomic E-state index is 13.6. The molecule has 156 valence electrons. The lowest BCUT2D eigenvalue weighted by Crippen LogP contribution is -2.32. The topological polar surface area (TPSA) is 37.4 Å². The van der Waals surface area contributed by atoms with Crippen molar-refractivity contribution >= 4 is 46.4 Å². The molecule has 0 saturated carbocycles. The molecule has 0 N–H and O–H groups in total. The molecule has 0 aliphatic carbocycles. The van der Waals surface area contributed by atoms with Crippen molar-refractivity contribution in [3.8, 4) is 0 Å². The average Bonchev–Trinajstić information content (AvgIpc) is 2.98. The molecule has 0 spiro atoms. The number of halogens is 1. The number of aryl methyl sites for hydroxylation is 3. The number of amides is 2. The van der Waals surface area contributed by atoms with Crippen LogP contribution >= 0.6 is 23.4 Å². The van der Waals surface area contributed by atoms with Crippen molar-refractivity contribution in [2.24, 2.45) is 0 Å². The van der Waals surface area contributed by atoms with Crippen molar-refractivity contribution in [1.82, 2.24) is 0 Å². The molecule has 3 aromatic rings. The average molecular weight is 448 g/mol. The minimum Gasteiger partial charge on any atom is -0.268 e. The first-order valence-electron chi connectivity index (χ1n) is 9.98. The van der Waals surface area contributed by atoms with E-state index in [1.807, 2.05) is 76.2 Å². The minimum atomic E-state index is -0.299. The Morgan fingerprint density at radius 1 is 0.774 bits per heavy atom. The Labute approximate surface area is 191 Å². The lowest BCUT2D eigenvalue weighted by molar-refractivity contribution is -0.119. The van der Waals surface area contributed by atoms with Gasteiger partial charge in [-0.1, -0.05) is 53.7 Å². The van der Waals surface area contributed by atoms with Crippen molar-refractivity contribution in [3.63, 3.8) is 0 Å². The van der Waals surface area contributed by atoms with Crippen molar-refractivity contribution in [2.45, 2.75) is 32.6 Å². The van der Waals surface area contributed by atoms with Gasteiger partial charge in [0.15, 0.2) is 0 Å². The van der Waals surface area contributed by atoms with Gasteiger partial charge in [-0.2, -0.15) is 0 Å². The number of carbonyl (C=O) groups is 2. The molecule has 0 saturated heterocycles. The van der Waals surface area contributed by atoms with E-state index in [0.29, 0.717) is 21.2 Å². The number of nitrogens with zero attached hydrogens (tertiary/aromatic N) is 1. The standard InChI is InChI=1S/C26H22ClNO2S/c1-15-8-9-19(14-17(15)3)23-24(31-21-12-10-20(27)11-13-21)26(30)28(25(23)29)22-7-5-6-16(2)18(22)4/h5-14H,1-4H3. The summed E-state index contributed by atoms with van der Waals surface area (Å²) in [6, 6.07) is 18.8. The normalized spacial score (nSPS) is 14.0. The van der Waals surface area contributed by atoms with Crippen LogP contribution in [0.3, 0.4) is 0 Å². The minimum absolute atomic E-state index is 0.293. The van der Waals surface area contributed by atoms with Gasteiger partial charge in [0, 0.05) is 9.92 Å². The first-order valence-corrected chi connectivity index (χ1v) is 11.2. The highest BCUT2D eigenvalue weighted by Crippen LogP contribution is 2.42. The molecule has 0 radical (unpaired) electrons. The summed E-state index contributed by atoms with van der Waals surface area (Å²) in [5, 5.41) is 0.624. The lowest BCUT2D eigenvalue weighted by Gasteiger charge is -2.19. The summed E-state index contributed by atoms with van der Waals surface area (Å²) >= 11 is 7.32. The number of benzene rings is 3. The smallest absolute Gasteiger partial charge is 0.268 e. The fraction of sp³-hybridized carbons (Fsp3) is 0.154. The fourth-order valence-electron chi connectivity index (χ4n) is 3.57. The lowest BCUT2D eigenvalue weighted by atomic mass is 10.0. The molecule has 31 heavy (non-hydrogen) atoms. The first-order chi connectivity index (χ1) is 14.8. The van der Waals surface area contributed by atoms with Gasteiger partial charge in [0.25, 0.3) is 11.8 Å². The zero-order valence-corrected chi connectivity index (χ0v) is 19.4. The van der Waals surface area contributed by atoms with Crippen LogP contribution in [0.15, 0.2) is 70.5 Å². The molecule has 3 nitrogen and oxygen atoms in total. The van der Waals surface area contributed by atoms with Gasteiger partial charge in [0.1, 0.15) is 0 Å². The van der Waals surface area contributed by atoms with Gasteiger partial charge in [-0.25, -0.2) is 4.90 Å². The Morgan fingerprint density at radius 3 is 2.16 bits per heavy atom. The molecule has 4 rings (SSSR count). The molecular weight excluding hydrogens is 426 g/mol. The summed E-state index contributed by atoms with van der Waals surface area (Å²) in [5.74, 6) is -0.592. The third kappa shape index (κ3) is 3.93. The molecule has 0 fully saturated rings. The van der Waals surface area contributed by atoms with E-state index in [-0.39, 0.29) is 11.8 Å². The summed E-state index contributed by atoms with van der Waals surface area (Å²) in [7, 11) is 0. The van der Waals surface area contributed by atoms with Crippen molar-refractivity contribution < 1.29 is 9.59 Å². The molecule has 3 aromatic carbocycles. The molecule has 1 aliphatic rings. The SMILES string of the molecule is Cc1ccc(C2=C(Sc3ccc(Cl)cc3)C(=O)N(c3cccc(C)c3C)C2=O)cc1C. The van der Waals surface area contributed by atoms with Crippen molar-refractivity contribution in [2.75, 3.05) is 4.90 Å². The molecule has 2 amide bonds. The zero-order chi connectivity index (χ0) is 22.3. The third-order valence-corrected chi connectivity index (χ3v) is 7.03. The Kier molecular flexibility index (Phi) is 5.78. The molecule has 1 aliphatic heterocycles. The van der Waals surface area contributed by atoms with Gasteiger partial charge < -0.3 is 0 Å². The van der Waals surface area contributed by atoms with Gasteiger partial charge in [-0.15, -0.1) is 0 Å². The van der Waals surface area contributed by atoms with Gasteiger partial charge in [-0.3, -0.25) is 9.59 Å². The van der Waals surface area contributed by atoms with Crippen LogP contribution in [0.4, 0.5) is 5.69 Å². The van der Waals surface area contributed by atoms with E-state index < -0.39 is 0 Å². The number of hydrogen-bond donors (Lipinski definition) is 0. The molecule has 1 heterocycles. The van der Waals surface area contributed by atoms with Crippen LogP contribution < -0.4 is 4.90 Å². The maximum Gasteiger partial charge on any atom is 0.272 e. The second-order valence-corrected chi connectivity index (χ2v) is 9.24. The first kappa shape index (κ1) is 21.4. The van der Waals surface area contributed by atoms with Crippen LogP contribution in [0.2, 0.25) is 5.02 Å². The van der Waals surface area contributed by atoms with E-state index in [1.165, 1.54) is 16.7 Å². The largest absolute Gasteiger partial charge is 0.272 e. The quantitative estimate of drug-likeness (QED) is 0.420. The van der Waals surface area contributed by atoms with E-state index in [4.69, 9.17) is 11.6 Å². The van der Waals surface area contributed by atoms with Crippen LogP contribution in [0.5, 0.6) is 0 Å². The number of imide groups is 1. The maximum atomic E-state index is 13.6. The second kappa shape index (κ2) is 8.37. The van der Waals surface area contributed by atoms with E-state index in [9.17, 15) is 9.59 Å². The van der Waals surface area contributed by atoms with Gasteiger partial charge in [0.2, 0.25) is 0 Å². The van der Waals surface area contributed by atoms with Crippen LogP contribution in [0.1, 0.15) is 27.8 Å². The van der Waals surface area contributed by atoms with Crippen molar-refractivity contribution in [3.05, 3.63) is 98.4 Å². The molecule has 0 bridgehead atoms. The molecule has 0 atom stereocenters. The second-order valence-electron chi connectivity index (χ2n) is 7.72. The van der Waals surface area contributed by atoms with E-state index >= 15 is 0 Å². The summed E-state index contributed by atoms with van der Waals surface area (Å²) < 4.78 is 0. The molecular formula is C26H22ClNO2S. The highest BCUT2D eigenvalue weighted by Gasteiger charge is 2.41. The Bertz CT molecular complexity index is 1240. The summed E-state index contributed by atoms with van der Waals surface area (Å²) in [6.45, 7) is 7.95. The number of carbonyl (C=O) groups excluding carboxylic acids is 2. The molecule has 5 heteroatoms. The van der Waals surface area contributed by atoms with Crippen LogP contribution in [0.25, 0.3) is 5.57 Å². The van der Waals surface area contributed by atoms with E-state index in [0.717, 1.165) is 32.7 Å². The predicted molar refractivity (Wildman–Crippen MR) is 129 cm³/mol. The van der Waals surface area contributed by atoms with E-state index in [2.05, 4.69) is 0 Å². The predicted octanol–water partition coefficient (Wildman–Crippen LogP) is 6.65. The number of thioether (sulfide) groups is 1. The summed E-state index contributed by atoms with van der Waals surface area (Å²) in [6.07, 6.45) is 0. The number of anilines is 1. The number of hydrogen-bond acceptors (Lipinski definition) is 3. The summed E-state index contributed by atoms with van der Waals surface area (Å²) in [5.41, 5.74) is 5.99. The van der Waals surface area contributed by atoms with Gasteiger partial charge in [-0.05, 0) is 85.8 Å². The van der Waals surface area contributed by atoms with Crippen LogP contribution in [-0.2, 0) is 9.59 Å². The Balaban J connectivity index is 1.87. The van der Waals surface area contributed by atoms with Gasteiger partial charge >= 0.3 is 0 Å².